The predicted octanol–water partition coefficient (Wildman–Crippen LogP) is 3.86. The molecule has 0 aromatic heterocycles. The van der Waals surface area contributed by atoms with Crippen LogP contribution in [0.2, 0.25) is 0 Å². The number of fused-ring (bicyclic) bond motifs is 1. The molecule has 2 aliphatic rings. The molecule has 128 valence electrons. The lowest BCUT2D eigenvalue weighted by atomic mass is 9.93. The highest BCUT2D eigenvalue weighted by atomic mass is 16.5. The van der Waals surface area contributed by atoms with Crippen LogP contribution >= 0.6 is 0 Å². The van der Waals surface area contributed by atoms with Crippen LogP contribution in [0, 0.1) is 20.8 Å². The van der Waals surface area contributed by atoms with Gasteiger partial charge in [-0.15, -0.1) is 0 Å². The molecule has 0 bridgehead atoms. The number of anilines is 1. The Morgan fingerprint density at radius 3 is 2.09 bits per heavy atom. The zero-order valence-corrected chi connectivity index (χ0v) is 15.9. The largest absolute Gasteiger partial charge is 0.490 e. The average Bonchev–Trinajstić information content (AvgIpc) is 2.87. The van der Waals surface area contributed by atoms with Crippen LogP contribution in [0.1, 0.15) is 49.9 Å². The van der Waals surface area contributed by atoms with Gasteiger partial charge in [-0.3, -0.25) is 4.90 Å². The van der Waals surface area contributed by atoms with E-state index in [4.69, 9.17) is 4.74 Å². The van der Waals surface area contributed by atoms with Crippen LogP contribution in [0.15, 0.2) is 0 Å². The standard InChI is InChI=1S/C20H32N2O/c1-13-12-17-16(4)18(14(2)15(3)19(17)23-13)21-8-10-22(11-9-21)20(5,6)7/h13H,8-12H2,1-7H3. The van der Waals surface area contributed by atoms with Gasteiger partial charge in [0.05, 0.1) is 0 Å². The molecule has 2 heterocycles. The van der Waals surface area contributed by atoms with Crippen LogP contribution in [-0.2, 0) is 6.42 Å². The second-order valence-electron chi connectivity index (χ2n) is 8.31. The second kappa shape index (κ2) is 5.70. The fraction of sp³-hybridized carbons (Fsp3) is 0.700. The first-order chi connectivity index (χ1) is 10.7. The van der Waals surface area contributed by atoms with E-state index in [2.05, 4.69) is 58.3 Å². The molecule has 1 atom stereocenters. The van der Waals surface area contributed by atoms with Crippen molar-refractivity contribution >= 4 is 5.69 Å². The van der Waals surface area contributed by atoms with Crippen LogP contribution in [-0.4, -0.2) is 42.7 Å². The third-order valence-corrected chi connectivity index (χ3v) is 5.70. The lowest BCUT2D eigenvalue weighted by molar-refractivity contribution is 0.128. The van der Waals surface area contributed by atoms with Gasteiger partial charge >= 0.3 is 0 Å². The van der Waals surface area contributed by atoms with Crippen molar-refractivity contribution in [1.29, 1.82) is 0 Å². The zero-order valence-electron chi connectivity index (χ0n) is 15.9. The van der Waals surface area contributed by atoms with Crippen LogP contribution in [0.5, 0.6) is 5.75 Å². The van der Waals surface area contributed by atoms with E-state index in [0.717, 1.165) is 38.3 Å². The zero-order chi connectivity index (χ0) is 16.9. The fourth-order valence-corrected chi connectivity index (χ4v) is 4.18. The first-order valence-electron chi connectivity index (χ1n) is 8.99. The maximum absolute atomic E-state index is 6.08. The Morgan fingerprint density at radius 1 is 0.913 bits per heavy atom. The summed E-state index contributed by atoms with van der Waals surface area (Å²) in [5, 5.41) is 0. The Kier molecular flexibility index (Phi) is 4.12. The van der Waals surface area contributed by atoms with Gasteiger partial charge in [0, 0.05) is 49.4 Å². The average molecular weight is 316 g/mol. The summed E-state index contributed by atoms with van der Waals surface area (Å²) in [6.45, 7) is 20.4. The Hall–Kier alpha value is -1.22. The number of nitrogens with zero attached hydrogens (tertiary/aromatic N) is 2. The van der Waals surface area contributed by atoms with E-state index < -0.39 is 0 Å². The number of benzene rings is 1. The second-order valence-corrected chi connectivity index (χ2v) is 8.31. The Morgan fingerprint density at radius 2 is 1.52 bits per heavy atom. The molecule has 0 N–H and O–H groups in total. The lowest BCUT2D eigenvalue weighted by Crippen LogP contribution is -2.53. The van der Waals surface area contributed by atoms with E-state index in [0.29, 0.717) is 6.10 Å². The molecule has 1 unspecified atom stereocenters. The van der Waals surface area contributed by atoms with Gasteiger partial charge in [0.1, 0.15) is 11.9 Å². The maximum Gasteiger partial charge on any atom is 0.126 e. The highest BCUT2D eigenvalue weighted by Gasteiger charge is 2.31. The number of rotatable bonds is 1. The molecule has 1 saturated heterocycles. The lowest BCUT2D eigenvalue weighted by Gasteiger charge is -2.44. The first kappa shape index (κ1) is 16.6. The molecule has 1 aromatic rings. The number of piperazine rings is 1. The number of hydrogen-bond donors (Lipinski definition) is 0. The van der Waals surface area contributed by atoms with Crippen molar-refractivity contribution in [2.24, 2.45) is 0 Å². The molecular formula is C20H32N2O. The highest BCUT2D eigenvalue weighted by molar-refractivity contribution is 5.69. The van der Waals surface area contributed by atoms with E-state index in [1.165, 1.54) is 27.9 Å². The van der Waals surface area contributed by atoms with Crippen LogP contribution in [0.25, 0.3) is 0 Å². The van der Waals surface area contributed by atoms with Gasteiger partial charge in [-0.25, -0.2) is 0 Å². The SMILES string of the molecule is Cc1c(C)c(N2CCN(C(C)(C)C)CC2)c(C)c2c1OC(C)C2. The normalized spacial score (nSPS) is 22.2. The Labute approximate surface area is 141 Å². The van der Waals surface area contributed by atoms with Crippen LogP contribution in [0.3, 0.4) is 0 Å². The Bertz CT molecular complexity index is 607. The summed E-state index contributed by atoms with van der Waals surface area (Å²) in [6.07, 6.45) is 1.37. The highest BCUT2D eigenvalue weighted by Crippen LogP contribution is 2.42. The van der Waals surface area contributed by atoms with Gasteiger partial charge in [-0.2, -0.15) is 0 Å². The number of ether oxygens (including phenoxy) is 1. The molecule has 23 heavy (non-hydrogen) atoms. The van der Waals surface area contributed by atoms with Crippen molar-refractivity contribution in [3.63, 3.8) is 0 Å². The monoisotopic (exact) mass is 316 g/mol. The van der Waals surface area contributed by atoms with E-state index >= 15 is 0 Å². The van der Waals surface area contributed by atoms with E-state index in [-0.39, 0.29) is 5.54 Å². The summed E-state index contributed by atoms with van der Waals surface area (Å²) in [5.74, 6) is 1.16. The third kappa shape index (κ3) is 2.84. The first-order valence-corrected chi connectivity index (χ1v) is 8.99. The van der Waals surface area contributed by atoms with Crippen LogP contribution < -0.4 is 9.64 Å². The fourth-order valence-electron chi connectivity index (χ4n) is 4.18. The third-order valence-electron chi connectivity index (χ3n) is 5.70. The smallest absolute Gasteiger partial charge is 0.126 e. The molecule has 0 spiro atoms. The summed E-state index contributed by atoms with van der Waals surface area (Å²) >= 11 is 0. The molecule has 3 rings (SSSR count). The number of hydrogen-bond acceptors (Lipinski definition) is 3. The van der Waals surface area contributed by atoms with Gasteiger partial charge in [-0.05, 0) is 65.2 Å². The summed E-state index contributed by atoms with van der Waals surface area (Å²) in [7, 11) is 0. The van der Waals surface area contributed by atoms with Gasteiger partial charge in [0.15, 0.2) is 0 Å². The van der Waals surface area contributed by atoms with Crippen molar-refractivity contribution in [2.45, 2.75) is 66.5 Å². The summed E-state index contributed by atoms with van der Waals surface area (Å²) in [4.78, 5) is 5.20. The van der Waals surface area contributed by atoms with Crippen molar-refractivity contribution in [3.05, 3.63) is 22.3 Å². The molecule has 1 aromatic carbocycles. The Balaban J connectivity index is 1.91. The van der Waals surface area contributed by atoms with Crippen molar-refractivity contribution in [3.8, 4) is 5.75 Å². The molecule has 0 saturated carbocycles. The molecule has 0 radical (unpaired) electrons. The van der Waals surface area contributed by atoms with Crippen molar-refractivity contribution in [2.75, 3.05) is 31.1 Å². The topological polar surface area (TPSA) is 15.7 Å². The summed E-state index contributed by atoms with van der Waals surface area (Å²) < 4.78 is 6.08. The molecule has 3 heteroatoms. The van der Waals surface area contributed by atoms with E-state index in [1.54, 1.807) is 0 Å². The molecule has 2 aliphatic heterocycles. The van der Waals surface area contributed by atoms with Gasteiger partial charge < -0.3 is 9.64 Å². The minimum absolute atomic E-state index is 0.271. The van der Waals surface area contributed by atoms with Crippen molar-refractivity contribution < 1.29 is 4.74 Å². The van der Waals surface area contributed by atoms with Crippen molar-refractivity contribution in [1.82, 2.24) is 4.90 Å². The van der Waals surface area contributed by atoms with E-state index in [9.17, 15) is 0 Å². The van der Waals surface area contributed by atoms with Crippen LogP contribution in [0.4, 0.5) is 5.69 Å². The molecule has 0 aliphatic carbocycles. The quantitative estimate of drug-likeness (QED) is 0.782. The van der Waals surface area contributed by atoms with Gasteiger partial charge in [0.2, 0.25) is 0 Å². The molecule has 3 nitrogen and oxygen atoms in total. The predicted molar refractivity (Wildman–Crippen MR) is 98.0 cm³/mol. The van der Waals surface area contributed by atoms with E-state index in [1.807, 2.05) is 0 Å². The summed E-state index contributed by atoms with van der Waals surface area (Å²) in [6, 6.07) is 0. The minimum atomic E-state index is 0.271. The molecular weight excluding hydrogens is 284 g/mol. The molecule has 0 amide bonds. The maximum atomic E-state index is 6.08. The summed E-state index contributed by atoms with van der Waals surface area (Å²) in [5.41, 5.74) is 7.36. The minimum Gasteiger partial charge on any atom is -0.490 e. The van der Waals surface area contributed by atoms with Gasteiger partial charge in [0.25, 0.3) is 0 Å². The van der Waals surface area contributed by atoms with Gasteiger partial charge in [-0.1, -0.05) is 0 Å². The molecule has 1 fully saturated rings.